The molecule has 0 aliphatic carbocycles. The lowest BCUT2D eigenvalue weighted by Gasteiger charge is -2.21. The second-order valence-corrected chi connectivity index (χ2v) is 6.20. The molecule has 1 unspecified atom stereocenters. The Morgan fingerprint density at radius 1 is 1.43 bits per heavy atom. The fraction of sp³-hybridized carbons (Fsp3) is 0.692. The molecule has 2 rings (SSSR count). The second kappa shape index (κ2) is 5.01. The molecule has 0 spiro atoms. The summed E-state index contributed by atoms with van der Waals surface area (Å²) in [5.74, 6) is -0.763. The highest BCUT2D eigenvalue weighted by molar-refractivity contribution is 5.85. The lowest BCUT2D eigenvalue weighted by Crippen LogP contribution is -2.38. The van der Waals surface area contributed by atoms with Crippen molar-refractivity contribution in [1.29, 1.82) is 0 Å². The fourth-order valence-corrected chi connectivity index (χ4v) is 2.46. The number of carbonyl (C=O) groups is 1. The van der Waals surface area contributed by atoms with Crippen molar-refractivity contribution >= 4 is 5.91 Å². The van der Waals surface area contributed by atoms with Crippen LogP contribution in [0.3, 0.4) is 0 Å². The number of likely N-dealkylation sites (tertiary alicyclic amines) is 1. The maximum absolute atomic E-state index is 12.9. The van der Waals surface area contributed by atoms with Crippen LogP contribution in [0.2, 0.25) is 0 Å². The molecule has 1 saturated heterocycles. The molecule has 2 heterocycles. The molecule has 0 saturated carbocycles. The summed E-state index contributed by atoms with van der Waals surface area (Å²) in [6.45, 7) is 4.05. The monoisotopic (exact) mass is 304 g/mol. The molecule has 1 aliphatic rings. The number of aromatic nitrogens is 2. The van der Waals surface area contributed by atoms with E-state index in [0.717, 1.165) is 6.07 Å². The van der Waals surface area contributed by atoms with Gasteiger partial charge in [0.25, 0.3) is 0 Å². The molecule has 1 aliphatic heterocycles. The zero-order valence-corrected chi connectivity index (χ0v) is 12.2. The number of carbonyl (C=O) groups excluding carboxylic acids is 1. The molecule has 8 heteroatoms. The van der Waals surface area contributed by atoms with Crippen LogP contribution in [0.4, 0.5) is 13.2 Å². The number of halogens is 3. The van der Waals surface area contributed by atoms with Crippen molar-refractivity contribution in [3.05, 3.63) is 17.5 Å². The van der Waals surface area contributed by atoms with Crippen LogP contribution in [-0.2, 0) is 17.5 Å². The van der Waals surface area contributed by atoms with Gasteiger partial charge in [-0.2, -0.15) is 18.3 Å². The van der Waals surface area contributed by atoms with E-state index in [1.807, 2.05) is 0 Å². The highest BCUT2D eigenvalue weighted by atomic mass is 19.4. The van der Waals surface area contributed by atoms with Crippen LogP contribution in [-0.4, -0.2) is 39.7 Å². The van der Waals surface area contributed by atoms with E-state index < -0.39 is 23.3 Å². The molecule has 2 N–H and O–H groups in total. The number of hydrogen-bond donors (Lipinski definition) is 1. The summed E-state index contributed by atoms with van der Waals surface area (Å²) >= 11 is 0. The summed E-state index contributed by atoms with van der Waals surface area (Å²) in [6, 6.07) is 0.966. The van der Waals surface area contributed by atoms with Crippen LogP contribution in [0.25, 0.3) is 0 Å². The maximum atomic E-state index is 12.9. The third-order valence-corrected chi connectivity index (χ3v) is 3.44. The Morgan fingerprint density at radius 3 is 2.48 bits per heavy atom. The zero-order chi connectivity index (χ0) is 16.0. The Kier molecular flexibility index (Phi) is 3.77. The number of amides is 1. The third kappa shape index (κ3) is 3.37. The number of likely N-dealkylation sites (N-methyl/N-ethyl adjacent to an activating group) is 1. The second-order valence-electron chi connectivity index (χ2n) is 6.20. The molecule has 0 radical (unpaired) electrons. The molecule has 0 aromatic carbocycles. The fourth-order valence-electron chi connectivity index (χ4n) is 2.46. The molecule has 1 amide bonds. The van der Waals surface area contributed by atoms with Crippen molar-refractivity contribution in [3.63, 3.8) is 0 Å². The number of nitrogens with zero attached hydrogens (tertiary/aromatic N) is 3. The average molecular weight is 304 g/mol. The minimum atomic E-state index is -4.54. The normalized spacial score (nSPS) is 20.4. The summed E-state index contributed by atoms with van der Waals surface area (Å²) < 4.78 is 39.8. The molecule has 21 heavy (non-hydrogen) atoms. The Bertz CT molecular complexity index is 545. The van der Waals surface area contributed by atoms with Gasteiger partial charge in [-0.25, -0.2) is 0 Å². The average Bonchev–Trinajstić information content (AvgIpc) is 2.82. The van der Waals surface area contributed by atoms with Gasteiger partial charge in [-0.1, -0.05) is 0 Å². The third-order valence-electron chi connectivity index (χ3n) is 3.44. The Labute approximate surface area is 120 Å². The number of alkyl halides is 3. The van der Waals surface area contributed by atoms with E-state index in [1.165, 1.54) is 9.58 Å². The van der Waals surface area contributed by atoms with Crippen molar-refractivity contribution in [1.82, 2.24) is 14.7 Å². The largest absolute Gasteiger partial charge is 0.435 e. The minimum absolute atomic E-state index is 0.117. The van der Waals surface area contributed by atoms with Gasteiger partial charge in [0.2, 0.25) is 5.91 Å². The van der Waals surface area contributed by atoms with Crippen molar-refractivity contribution in [2.75, 3.05) is 13.6 Å². The quantitative estimate of drug-likeness (QED) is 0.922. The van der Waals surface area contributed by atoms with Gasteiger partial charge in [-0.3, -0.25) is 9.48 Å². The van der Waals surface area contributed by atoms with Gasteiger partial charge in [0, 0.05) is 19.1 Å². The molecule has 5 nitrogen and oxygen atoms in total. The maximum Gasteiger partial charge on any atom is 0.435 e. The van der Waals surface area contributed by atoms with Crippen LogP contribution in [0.5, 0.6) is 0 Å². The van der Waals surface area contributed by atoms with E-state index in [0.29, 0.717) is 13.0 Å². The number of hydrogen-bond acceptors (Lipinski definition) is 3. The first-order valence-corrected chi connectivity index (χ1v) is 6.68. The molecule has 118 valence electrons. The molecule has 1 aromatic rings. The number of rotatable bonds is 3. The predicted octanol–water partition coefficient (Wildman–Crippen LogP) is 1.58. The van der Waals surface area contributed by atoms with Crippen molar-refractivity contribution < 1.29 is 18.0 Å². The van der Waals surface area contributed by atoms with Gasteiger partial charge >= 0.3 is 6.18 Å². The lowest BCUT2D eigenvalue weighted by molar-refractivity contribution is -0.141. The Balaban J connectivity index is 2.43. The Morgan fingerprint density at radius 2 is 2.05 bits per heavy atom. The zero-order valence-electron chi connectivity index (χ0n) is 12.2. The van der Waals surface area contributed by atoms with Gasteiger partial charge in [-0.05, 0) is 26.3 Å². The van der Waals surface area contributed by atoms with E-state index in [9.17, 15) is 18.0 Å². The standard InChI is InChI=1S/C13H19F3N4O/c1-12(2,17)7-20-9(6-10(18-20)13(14,15)16)8-4-5-19(3)11(8)21/h6,8H,4-5,7,17H2,1-3H3. The minimum Gasteiger partial charge on any atom is -0.345 e. The molecule has 1 aromatic heterocycles. The van der Waals surface area contributed by atoms with E-state index in [1.54, 1.807) is 20.9 Å². The summed E-state index contributed by atoms with van der Waals surface area (Å²) in [7, 11) is 1.64. The van der Waals surface area contributed by atoms with Gasteiger partial charge in [0.1, 0.15) is 0 Å². The van der Waals surface area contributed by atoms with Crippen LogP contribution in [0.15, 0.2) is 6.07 Å². The summed E-state index contributed by atoms with van der Waals surface area (Å²) in [4.78, 5) is 13.6. The predicted molar refractivity (Wildman–Crippen MR) is 70.5 cm³/mol. The van der Waals surface area contributed by atoms with Crippen LogP contribution >= 0.6 is 0 Å². The van der Waals surface area contributed by atoms with Crippen molar-refractivity contribution in [2.24, 2.45) is 5.73 Å². The SMILES string of the molecule is CN1CCC(c2cc(C(F)(F)F)nn2CC(C)(C)N)C1=O. The Hall–Kier alpha value is -1.57. The molecule has 0 bridgehead atoms. The first-order chi connectivity index (χ1) is 9.49. The number of nitrogens with two attached hydrogens (primary N) is 1. The van der Waals surface area contributed by atoms with Crippen LogP contribution in [0, 0.1) is 0 Å². The molecule has 1 fully saturated rings. The smallest absolute Gasteiger partial charge is 0.345 e. The molecular formula is C13H19F3N4O. The summed E-state index contributed by atoms with van der Waals surface area (Å²) in [6.07, 6.45) is -4.05. The first kappa shape index (κ1) is 15.8. The molecule has 1 atom stereocenters. The van der Waals surface area contributed by atoms with Crippen LogP contribution in [0.1, 0.15) is 37.6 Å². The van der Waals surface area contributed by atoms with E-state index >= 15 is 0 Å². The van der Waals surface area contributed by atoms with E-state index in [4.69, 9.17) is 5.73 Å². The van der Waals surface area contributed by atoms with Crippen LogP contribution < -0.4 is 5.73 Å². The van der Waals surface area contributed by atoms with Gasteiger partial charge in [-0.15, -0.1) is 0 Å². The van der Waals surface area contributed by atoms with E-state index in [-0.39, 0.29) is 18.1 Å². The van der Waals surface area contributed by atoms with Gasteiger partial charge in [0.05, 0.1) is 18.2 Å². The summed E-state index contributed by atoms with van der Waals surface area (Å²) in [5.41, 5.74) is 4.46. The van der Waals surface area contributed by atoms with Crippen molar-refractivity contribution in [2.45, 2.75) is 44.4 Å². The highest BCUT2D eigenvalue weighted by Gasteiger charge is 2.39. The highest BCUT2D eigenvalue weighted by Crippen LogP contribution is 2.34. The summed E-state index contributed by atoms with van der Waals surface area (Å²) in [5, 5.41) is 3.61. The topological polar surface area (TPSA) is 64.2 Å². The lowest BCUT2D eigenvalue weighted by atomic mass is 10.0. The van der Waals surface area contributed by atoms with Crippen molar-refractivity contribution in [3.8, 4) is 0 Å². The van der Waals surface area contributed by atoms with E-state index in [2.05, 4.69) is 5.10 Å². The first-order valence-electron chi connectivity index (χ1n) is 6.68. The van der Waals surface area contributed by atoms with Gasteiger partial charge in [0.15, 0.2) is 5.69 Å². The van der Waals surface area contributed by atoms with Gasteiger partial charge < -0.3 is 10.6 Å². The molecular weight excluding hydrogens is 285 g/mol.